The Hall–Kier alpha value is -2.02. The van der Waals surface area contributed by atoms with Crippen LogP contribution in [0.25, 0.3) is 11.0 Å². The van der Waals surface area contributed by atoms with Crippen LogP contribution in [0.1, 0.15) is 46.0 Å². The number of carbonyl (C=O) groups is 2. The second-order valence-corrected chi connectivity index (χ2v) is 8.17. The highest BCUT2D eigenvalue weighted by Gasteiger charge is 2.19. The van der Waals surface area contributed by atoms with Crippen LogP contribution in [-0.2, 0) is 16.1 Å². The van der Waals surface area contributed by atoms with Gasteiger partial charge in [0, 0.05) is 19.1 Å². The van der Waals surface area contributed by atoms with Gasteiger partial charge >= 0.3 is 0 Å². The number of imidazole rings is 1. The van der Waals surface area contributed by atoms with Gasteiger partial charge in [-0.1, -0.05) is 43.2 Å². The molecule has 1 saturated carbocycles. The predicted molar refractivity (Wildman–Crippen MR) is 113 cm³/mol. The minimum Gasteiger partial charge on any atom is -0.352 e. The molecule has 0 radical (unpaired) electrons. The third-order valence-electron chi connectivity index (χ3n) is 5.33. The summed E-state index contributed by atoms with van der Waals surface area (Å²) in [5.41, 5.74) is 1.78. The lowest BCUT2D eigenvalue weighted by atomic mass is 9.95. The number of benzene rings is 1. The third kappa shape index (κ3) is 5.07. The van der Waals surface area contributed by atoms with Crippen molar-refractivity contribution in [1.29, 1.82) is 0 Å². The minimum atomic E-state index is 0.0203. The van der Waals surface area contributed by atoms with Crippen molar-refractivity contribution in [3.63, 3.8) is 0 Å². The molecule has 2 aromatic rings. The molecule has 1 aliphatic rings. The Morgan fingerprint density at radius 1 is 1.18 bits per heavy atom. The lowest BCUT2D eigenvalue weighted by molar-refractivity contribution is -0.128. The van der Waals surface area contributed by atoms with E-state index in [0.29, 0.717) is 18.8 Å². The SMILES string of the molecule is CCN(CC)C(=O)CSc1nc2ccccc2n1CC(=O)NC1CCCCC1. The van der Waals surface area contributed by atoms with E-state index in [2.05, 4.69) is 10.3 Å². The summed E-state index contributed by atoms with van der Waals surface area (Å²) in [6.45, 7) is 5.61. The largest absolute Gasteiger partial charge is 0.352 e. The number of amides is 2. The molecule has 3 rings (SSSR count). The zero-order valence-electron chi connectivity index (χ0n) is 16.8. The van der Waals surface area contributed by atoms with Crippen LogP contribution in [0.3, 0.4) is 0 Å². The van der Waals surface area contributed by atoms with Crippen molar-refractivity contribution < 1.29 is 9.59 Å². The predicted octanol–water partition coefficient (Wildman–Crippen LogP) is 3.45. The number of hydrogen-bond donors (Lipinski definition) is 1. The van der Waals surface area contributed by atoms with Gasteiger partial charge in [0.25, 0.3) is 0 Å². The van der Waals surface area contributed by atoms with Crippen molar-refractivity contribution in [2.45, 2.75) is 63.7 Å². The van der Waals surface area contributed by atoms with Crippen molar-refractivity contribution >= 4 is 34.6 Å². The molecule has 0 atom stereocenters. The maximum absolute atomic E-state index is 12.7. The fourth-order valence-corrected chi connectivity index (χ4v) is 4.69. The van der Waals surface area contributed by atoms with E-state index in [-0.39, 0.29) is 24.4 Å². The molecular formula is C21H30N4O2S. The van der Waals surface area contributed by atoms with Gasteiger partial charge in [-0.05, 0) is 38.8 Å². The monoisotopic (exact) mass is 402 g/mol. The van der Waals surface area contributed by atoms with E-state index in [1.54, 1.807) is 0 Å². The van der Waals surface area contributed by atoms with Gasteiger partial charge in [0.15, 0.2) is 5.16 Å². The lowest BCUT2D eigenvalue weighted by Gasteiger charge is -2.23. The van der Waals surface area contributed by atoms with Crippen LogP contribution >= 0.6 is 11.8 Å². The maximum atomic E-state index is 12.7. The van der Waals surface area contributed by atoms with Crippen molar-refractivity contribution in [3.05, 3.63) is 24.3 Å². The highest BCUT2D eigenvalue weighted by molar-refractivity contribution is 7.99. The van der Waals surface area contributed by atoms with Crippen LogP contribution in [0.2, 0.25) is 0 Å². The van der Waals surface area contributed by atoms with Gasteiger partial charge in [-0.3, -0.25) is 9.59 Å². The molecule has 0 unspecified atom stereocenters. The molecule has 6 nitrogen and oxygen atoms in total. The Bertz CT molecular complexity index is 810. The van der Waals surface area contributed by atoms with Crippen molar-refractivity contribution in [1.82, 2.24) is 19.8 Å². The third-order valence-corrected chi connectivity index (χ3v) is 6.29. The smallest absolute Gasteiger partial charge is 0.240 e. The standard InChI is InChI=1S/C21H30N4O2S/c1-3-24(4-2)20(27)15-28-21-23-17-12-8-9-13-18(17)25(21)14-19(26)22-16-10-6-5-7-11-16/h8-9,12-13,16H,3-7,10-11,14-15H2,1-2H3,(H,22,26). The van der Waals surface area contributed by atoms with Crippen molar-refractivity contribution in [3.8, 4) is 0 Å². The van der Waals surface area contributed by atoms with Gasteiger partial charge in [-0.25, -0.2) is 4.98 Å². The second kappa shape index (κ2) is 9.96. The van der Waals surface area contributed by atoms with Gasteiger partial charge in [0.1, 0.15) is 6.54 Å². The number of rotatable bonds is 8. The fraction of sp³-hybridized carbons (Fsp3) is 0.571. The second-order valence-electron chi connectivity index (χ2n) is 7.23. The van der Waals surface area contributed by atoms with E-state index in [4.69, 9.17) is 0 Å². The number of carbonyl (C=O) groups excluding carboxylic acids is 2. The number of para-hydroxylation sites is 2. The summed E-state index contributed by atoms with van der Waals surface area (Å²) in [5, 5.41) is 3.90. The van der Waals surface area contributed by atoms with Gasteiger partial charge < -0.3 is 14.8 Å². The highest BCUT2D eigenvalue weighted by Crippen LogP contribution is 2.24. The van der Waals surface area contributed by atoms with Gasteiger partial charge in [-0.2, -0.15) is 0 Å². The number of thioether (sulfide) groups is 1. The van der Waals surface area contributed by atoms with Crippen LogP contribution in [0.4, 0.5) is 0 Å². The van der Waals surface area contributed by atoms with Crippen LogP contribution < -0.4 is 5.32 Å². The van der Waals surface area contributed by atoms with E-state index in [9.17, 15) is 9.59 Å². The van der Waals surface area contributed by atoms with Crippen molar-refractivity contribution in [2.75, 3.05) is 18.8 Å². The summed E-state index contributed by atoms with van der Waals surface area (Å²) in [7, 11) is 0. The van der Waals surface area contributed by atoms with Crippen LogP contribution in [0, 0.1) is 0 Å². The zero-order valence-corrected chi connectivity index (χ0v) is 17.6. The fourth-order valence-electron chi connectivity index (χ4n) is 3.77. The summed E-state index contributed by atoms with van der Waals surface area (Å²) in [5.74, 6) is 0.446. The zero-order chi connectivity index (χ0) is 19.9. The van der Waals surface area contributed by atoms with Crippen molar-refractivity contribution in [2.24, 2.45) is 0 Å². The molecular weight excluding hydrogens is 372 g/mol. The van der Waals surface area contributed by atoms with Gasteiger partial charge in [0.2, 0.25) is 11.8 Å². The Morgan fingerprint density at radius 2 is 1.89 bits per heavy atom. The minimum absolute atomic E-state index is 0.0203. The Kier molecular flexibility index (Phi) is 7.36. The summed E-state index contributed by atoms with van der Waals surface area (Å²) in [4.78, 5) is 31.5. The summed E-state index contributed by atoms with van der Waals surface area (Å²) >= 11 is 1.41. The average Bonchev–Trinajstić information content (AvgIpc) is 3.05. The Labute approximate surface area is 171 Å². The maximum Gasteiger partial charge on any atom is 0.240 e. The summed E-state index contributed by atoms with van der Waals surface area (Å²) in [6.07, 6.45) is 5.77. The van der Waals surface area contributed by atoms with E-state index in [0.717, 1.165) is 29.0 Å². The molecule has 1 heterocycles. The quantitative estimate of drug-likeness (QED) is 0.687. The van der Waals surface area contributed by atoms with Gasteiger partial charge in [-0.15, -0.1) is 0 Å². The van der Waals surface area contributed by atoms with E-state index in [1.165, 1.54) is 31.0 Å². The van der Waals surface area contributed by atoms with Crippen LogP contribution in [0.5, 0.6) is 0 Å². The van der Waals surface area contributed by atoms with Crippen LogP contribution in [-0.4, -0.2) is 51.1 Å². The first-order chi connectivity index (χ1) is 13.6. The number of hydrogen-bond acceptors (Lipinski definition) is 4. The number of fused-ring (bicyclic) bond motifs is 1. The first-order valence-corrected chi connectivity index (χ1v) is 11.3. The number of nitrogens with one attached hydrogen (secondary N) is 1. The van der Waals surface area contributed by atoms with Crippen LogP contribution in [0.15, 0.2) is 29.4 Å². The number of aromatic nitrogens is 2. The molecule has 7 heteroatoms. The van der Waals surface area contributed by atoms with Gasteiger partial charge in [0.05, 0.1) is 16.8 Å². The molecule has 1 aliphatic carbocycles. The number of nitrogens with zero attached hydrogens (tertiary/aromatic N) is 3. The molecule has 0 spiro atoms. The molecule has 1 N–H and O–H groups in total. The molecule has 152 valence electrons. The van der Waals surface area contributed by atoms with E-state index >= 15 is 0 Å². The first kappa shape index (κ1) is 20.7. The first-order valence-electron chi connectivity index (χ1n) is 10.3. The topological polar surface area (TPSA) is 67.2 Å². The summed E-state index contributed by atoms with van der Waals surface area (Å²) < 4.78 is 1.94. The van der Waals surface area contributed by atoms with E-state index in [1.807, 2.05) is 47.6 Å². The molecule has 1 aromatic carbocycles. The molecule has 28 heavy (non-hydrogen) atoms. The highest BCUT2D eigenvalue weighted by atomic mass is 32.2. The summed E-state index contributed by atoms with van der Waals surface area (Å²) in [6, 6.07) is 8.11. The Morgan fingerprint density at radius 3 is 2.61 bits per heavy atom. The molecule has 1 aromatic heterocycles. The Balaban J connectivity index is 1.73. The molecule has 0 saturated heterocycles. The molecule has 1 fully saturated rings. The molecule has 0 aliphatic heterocycles. The lowest BCUT2D eigenvalue weighted by Crippen LogP contribution is -2.38. The average molecular weight is 403 g/mol. The molecule has 2 amide bonds. The van der Waals surface area contributed by atoms with E-state index < -0.39 is 0 Å². The molecule has 0 bridgehead atoms. The normalized spacial score (nSPS) is 14.9.